The van der Waals surface area contributed by atoms with Gasteiger partial charge in [0, 0.05) is 0 Å². The van der Waals surface area contributed by atoms with Crippen molar-refractivity contribution in [2.24, 2.45) is 5.92 Å². The Kier molecular flexibility index (Phi) is 3.48. The molecule has 0 bridgehead atoms. The first-order valence-electron chi connectivity index (χ1n) is 2.92. The summed E-state index contributed by atoms with van der Waals surface area (Å²) >= 11 is 0. The zero-order valence-electron chi connectivity index (χ0n) is 5.75. The molecule has 0 aromatic heterocycles. The number of allylic oxidation sites excluding steroid dienone is 1. The molecule has 0 aromatic rings. The van der Waals surface area contributed by atoms with Crippen molar-refractivity contribution in [1.29, 1.82) is 0 Å². The summed E-state index contributed by atoms with van der Waals surface area (Å²) in [4.78, 5) is 0. The van der Waals surface area contributed by atoms with Gasteiger partial charge in [-0.3, -0.25) is 0 Å². The van der Waals surface area contributed by atoms with E-state index in [1.807, 2.05) is 0 Å². The van der Waals surface area contributed by atoms with Crippen molar-refractivity contribution in [2.45, 2.75) is 19.5 Å². The van der Waals surface area contributed by atoms with Crippen molar-refractivity contribution in [1.82, 2.24) is 0 Å². The fourth-order valence-electron chi connectivity index (χ4n) is 0.399. The minimum absolute atomic E-state index is 0.276. The van der Waals surface area contributed by atoms with Crippen molar-refractivity contribution in [3.05, 3.63) is 12.2 Å². The number of rotatable bonds is 2. The number of alkyl halides is 3. The zero-order valence-corrected chi connectivity index (χ0v) is 5.75. The smallest absolute Gasteiger partial charge is 0.174 e. The first-order valence-corrected chi connectivity index (χ1v) is 2.92. The van der Waals surface area contributed by atoms with Gasteiger partial charge in [-0.25, -0.2) is 0 Å². The molecule has 0 radical (unpaired) electrons. The van der Waals surface area contributed by atoms with E-state index in [0.717, 1.165) is 6.92 Å². The topological polar surface area (TPSA) is 0 Å². The molecule has 0 saturated carbocycles. The molecule has 11 heavy (non-hydrogen) atoms. The van der Waals surface area contributed by atoms with Crippen LogP contribution in [0, 0.1) is 5.92 Å². The maximum Gasteiger partial charge on any atom is 0.391 e. The Labute approximate surface area is 60.7 Å². The van der Waals surface area contributed by atoms with Gasteiger partial charge in [0.05, 0.1) is 5.92 Å². The Morgan fingerprint density at radius 3 is 2.09 bits per heavy atom. The highest BCUT2D eigenvalue weighted by atomic mass is 19.4. The summed E-state index contributed by atoms with van der Waals surface area (Å²) in [6.07, 6.45) is -6.84. The van der Waals surface area contributed by atoms with E-state index in [9.17, 15) is 22.0 Å². The summed E-state index contributed by atoms with van der Waals surface area (Å²) in [5, 5.41) is 0. The summed E-state index contributed by atoms with van der Waals surface area (Å²) in [5.74, 6) is -1.70. The molecule has 0 aromatic carbocycles. The Morgan fingerprint density at radius 1 is 1.36 bits per heavy atom. The highest BCUT2D eigenvalue weighted by Crippen LogP contribution is 2.28. The van der Waals surface area contributed by atoms with E-state index >= 15 is 0 Å². The molecule has 0 heterocycles. The van der Waals surface area contributed by atoms with E-state index < -0.39 is 24.6 Å². The monoisotopic (exact) mass is 174 g/mol. The second-order valence-electron chi connectivity index (χ2n) is 2.17. The van der Waals surface area contributed by atoms with Crippen LogP contribution in [0.4, 0.5) is 22.0 Å². The van der Waals surface area contributed by atoms with E-state index in [4.69, 9.17) is 0 Å². The van der Waals surface area contributed by atoms with Crippen molar-refractivity contribution in [3.8, 4) is 0 Å². The average molecular weight is 174 g/mol. The summed E-state index contributed by atoms with van der Waals surface area (Å²) in [5.41, 5.74) is 0. The lowest BCUT2D eigenvalue weighted by atomic mass is 10.1. The van der Waals surface area contributed by atoms with Gasteiger partial charge in [0.25, 0.3) is 6.08 Å². The summed E-state index contributed by atoms with van der Waals surface area (Å²) in [6.45, 7) is 0.861. The van der Waals surface area contributed by atoms with E-state index in [2.05, 4.69) is 0 Å². The van der Waals surface area contributed by atoms with Crippen LogP contribution in [-0.4, -0.2) is 6.18 Å². The van der Waals surface area contributed by atoms with Crippen molar-refractivity contribution >= 4 is 0 Å². The number of hydrogen-bond donors (Lipinski definition) is 0. The molecule has 1 atom stereocenters. The molecule has 0 saturated heterocycles. The Bertz CT molecular complexity index is 142. The fourth-order valence-corrected chi connectivity index (χ4v) is 0.399. The highest BCUT2D eigenvalue weighted by Gasteiger charge is 2.34. The van der Waals surface area contributed by atoms with Crippen LogP contribution in [0.1, 0.15) is 13.3 Å². The van der Waals surface area contributed by atoms with E-state index in [1.54, 1.807) is 0 Å². The summed E-state index contributed by atoms with van der Waals surface area (Å²) < 4.78 is 57.4. The molecule has 0 N–H and O–H groups in total. The maximum atomic E-state index is 11.6. The predicted octanol–water partition coefficient (Wildman–Crippen LogP) is 3.36. The lowest BCUT2D eigenvalue weighted by Gasteiger charge is -2.12. The first kappa shape index (κ1) is 10.4. The Morgan fingerprint density at radius 2 is 1.82 bits per heavy atom. The molecule has 1 unspecified atom stereocenters. The van der Waals surface area contributed by atoms with Crippen LogP contribution >= 0.6 is 0 Å². The zero-order chi connectivity index (χ0) is 9.07. The van der Waals surface area contributed by atoms with Crippen LogP contribution in [-0.2, 0) is 0 Å². The van der Waals surface area contributed by atoms with Gasteiger partial charge in [-0.1, -0.05) is 6.92 Å². The standard InChI is InChI=1S/C6H7F5/c1-4(6(9,10)11)2-3-5(7)8/h3-4H,2H2,1H3. The third-order valence-corrected chi connectivity index (χ3v) is 1.18. The molecule has 66 valence electrons. The normalized spacial score (nSPS) is 14.4. The van der Waals surface area contributed by atoms with E-state index in [1.165, 1.54) is 0 Å². The third kappa shape index (κ3) is 4.75. The molecule has 0 aliphatic rings. The second kappa shape index (κ2) is 3.69. The number of hydrogen-bond acceptors (Lipinski definition) is 0. The molecule has 0 fully saturated rings. The average Bonchev–Trinajstić information content (AvgIpc) is 1.80. The third-order valence-electron chi connectivity index (χ3n) is 1.18. The van der Waals surface area contributed by atoms with Gasteiger partial charge in [0.2, 0.25) is 0 Å². The van der Waals surface area contributed by atoms with Gasteiger partial charge in [-0.05, 0) is 12.5 Å². The van der Waals surface area contributed by atoms with Gasteiger partial charge >= 0.3 is 6.18 Å². The molecular weight excluding hydrogens is 167 g/mol. The van der Waals surface area contributed by atoms with Crippen LogP contribution < -0.4 is 0 Å². The molecule has 0 aliphatic carbocycles. The molecule has 0 aliphatic heterocycles. The second-order valence-corrected chi connectivity index (χ2v) is 2.17. The predicted molar refractivity (Wildman–Crippen MR) is 30.1 cm³/mol. The molecular formula is C6H7F5. The quantitative estimate of drug-likeness (QED) is 0.563. The highest BCUT2D eigenvalue weighted by molar-refractivity contribution is 4.83. The van der Waals surface area contributed by atoms with Crippen LogP contribution in [0.2, 0.25) is 0 Å². The molecule has 0 spiro atoms. The lowest BCUT2D eigenvalue weighted by molar-refractivity contribution is -0.168. The minimum Gasteiger partial charge on any atom is -0.174 e. The SMILES string of the molecule is CC(CC=C(F)F)C(F)(F)F. The van der Waals surface area contributed by atoms with Crippen molar-refractivity contribution in [3.63, 3.8) is 0 Å². The van der Waals surface area contributed by atoms with E-state index in [-0.39, 0.29) is 6.08 Å². The van der Waals surface area contributed by atoms with Gasteiger partial charge in [-0.2, -0.15) is 22.0 Å². The Balaban J connectivity index is 3.89. The van der Waals surface area contributed by atoms with Crippen molar-refractivity contribution < 1.29 is 22.0 Å². The summed E-state index contributed by atoms with van der Waals surface area (Å²) in [6, 6.07) is 0. The maximum absolute atomic E-state index is 11.6. The van der Waals surface area contributed by atoms with Gasteiger partial charge in [0.1, 0.15) is 0 Å². The molecule has 5 heteroatoms. The van der Waals surface area contributed by atoms with Crippen LogP contribution in [0.15, 0.2) is 12.2 Å². The minimum atomic E-state index is -4.38. The molecule has 0 nitrogen and oxygen atoms in total. The first-order chi connectivity index (χ1) is 4.84. The van der Waals surface area contributed by atoms with Crippen LogP contribution in [0.25, 0.3) is 0 Å². The van der Waals surface area contributed by atoms with Gasteiger partial charge < -0.3 is 0 Å². The van der Waals surface area contributed by atoms with Crippen molar-refractivity contribution in [2.75, 3.05) is 0 Å². The molecule has 0 rings (SSSR count). The Hall–Kier alpha value is -0.610. The van der Waals surface area contributed by atoms with Gasteiger partial charge in [0.15, 0.2) is 0 Å². The lowest BCUT2D eigenvalue weighted by Crippen LogP contribution is -2.18. The summed E-state index contributed by atoms with van der Waals surface area (Å²) in [7, 11) is 0. The van der Waals surface area contributed by atoms with Crippen LogP contribution in [0.5, 0.6) is 0 Å². The molecule has 0 amide bonds. The van der Waals surface area contributed by atoms with E-state index in [0.29, 0.717) is 0 Å². The van der Waals surface area contributed by atoms with Crippen LogP contribution in [0.3, 0.4) is 0 Å². The fraction of sp³-hybridized carbons (Fsp3) is 0.667. The van der Waals surface area contributed by atoms with Gasteiger partial charge in [-0.15, -0.1) is 0 Å². The largest absolute Gasteiger partial charge is 0.391 e. The number of halogens is 5.